The van der Waals surface area contributed by atoms with Crippen molar-refractivity contribution in [2.24, 2.45) is 5.84 Å². The Morgan fingerprint density at radius 2 is 2.35 bits per heavy atom. The number of aromatic amines is 1. The van der Waals surface area contributed by atoms with Crippen LogP contribution in [0.5, 0.6) is 0 Å². The van der Waals surface area contributed by atoms with Gasteiger partial charge in [-0.2, -0.15) is 4.98 Å². The molecule has 0 aliphatic rings. The lowest BCUT2D eigenvalue weighted by atomic mass is 10.6. The van der Waals surface area contributed by atoms with Gasteiger partial charge in [-0.25, -0.2) is 24.0 Å². The second kappa shape index (κ2) is 4.86. The van der Waals surface area contributed by atoms with Gasteiger partial charge in [-0.15, -0.1) is 11.3 Å². The molecule has 0 unspecified atom stereocenters. The summed E-state index contributed by atoms with van der Waals surface area (Å²) >= 11 is 1.32. The van der Waals surface area contributed by atoms with E-state index >= 15 is 0 Å². The highest BCUT2D eigenvalue weighted by molar-refractivity contribution is 7.89. The predicted octanol–water partition coefficient (Wildman–Crippen LogP) is -0.117. The predicted molar refractivity (Wildman–Crippen MR) is 73.5 cm³/mol. The van der Waals surface area contributed by atoms with E-state index in [0.29, 0.717) is 10.8 Å². The minimum Gasteiger partial charge on any atom is -0.347 e. The van der Waals surface area contributed by atoms with Crippen LogP contribution in [0.25, 0.3) is 4.96 Å². The van der Waals surface area contributed by atoms with Gasteiger partial charge in [0, 0.05) is 24.0 Å². The number of hydrogen-bond donors (Lipinski definition) is 4. The van der Waals surface area contributed by atoms with Crippen LogP contribution in [0.3, 0.4) is 0 Å². The van der Waals surface area contributed by atoms with Crippen LogP contribution in [0.15, 0.2) is 29.0 Å². The van der Waals surface area contributed by atoms with Gasteiger partial charge in [0.15, 0.2) is 10.8 Å². The molecule has 0 fully saturated rings. The smallest absolute Gasteiger partial charge is 0.260 e. The lowest BCUT2D eigenvalue weighted by Gasteiger charge is -2.06. The highest BCUT2D eigenvalue weighted by Crippen LogP contribution is 2.24. The molecular weight excluding hydrogens is 302 g/mol. The number of nitrogens with zero attached hydrogens (tertiary/aromatic N) is 3. The van der Waals surface area contributed by atoms with Crippen molar-refractivity contribution in [1.29, 1.82) is 0 Å². The van der Waals surface area contributed by atoms with Gasteiger partial charge in [-0.3, -0.25) is 4.40 Å². The van der Waals surface area contributed by atoms with E-state index in [1.165, 1.54) is 15.7 Å². The van der Waals surface area contributed by atoms with Gasteiger partial charge in [0.1, 0.15) is 5.82 Å². The zero-order valence-corrected chi connectivity index (χ0v) is 11.7. The number of fused-ring (bicyclic) bond motifs is 1. The minimum atomic E-state index is -3.78. The first-order valence-corrected chi connectivity index (χ1v) is 7.88. The molecule has 9 nitrogen and oxygen atoms in total. The molecule has 0 spiro atoms. The van der Waals surface area contributed by atoms with Crippen molar-refractivity contribution in [3.63, 3.8) is 0 Å². The fourth-order valence-corrected chi connectivity index (χ4v) is 3.74. The molecule has 0 atom stereocenters. The molecule has 0 aromatic carbocycles. The molecule has 3 heterocycles. The molecule has 0 aliphatic heterocycles. The highest BCUT2D eigenvalue weighted by atomic mass is 32.2. The summed E-state index contributed by atoms with van der Waals surface area (Å²) in [7, 11) is -3.78. The largest absolute Gasteiger partial charge is 0.347 e. The summed E-state index contributed by atoms with van der Waals surface area (Å²) in [6, 6.07) is 0. The number of aromatic nitrogens is 4. The second-order valence-corrected chi connectivity index (χ2v) is 6.38. The van der Waals surface area contributed by atoms with E-state index in [1.807, 2.05) is 0 Å². The molecule has 0 saturated heterocycles. The number of H-pyrrole nitrogens is 1. The fraction of sp³-hybridized carbons (Fsp3) is 0.111. The normalized spacial score (nSPS) is 12.1. The van der Waals surface area contributed by atoms with Crippen molar-refractivity contribution in [2.45, 2.75) is 11.6 Å². The van der Waals surface area contributed by atoms with Gasteiger partial charge in [-0.1, -0.05) is 0 Å². The molecule has 3 rings (SSSR count). The van der Waals surface area contributed by atoms with Crippen LogP contribution in [0, 0.1) is 0 Å². The number of hydrogen-bond acceptors (Lipinski definition) is 7. The van der Waals surface area contributed by atoms with Crippen molar-refractivity contribution in [3.05, 3.63) is 29.8 Å². The molecule has 11 heteroatoms. The zero-order valence-electron chi connectivity index (χ0n) is 10.1. The Hall–Kier alpha value is -1.95. The van der Waals surface area contributed by atoms with Crippen molar-refractivity contribution in [2.75, 3.05) is 5.43 Å². The van der Waals surface area contributed by atoms with Crippen LogP contribution in [0.2, 0.25) is 0 Å². The molecule has 0 saturated carbocycles. The van der Waals surface area contributed by atoms with Crippen molar-refractivity contribution in [3.8, 4) is 0 Å². The van der Waals surface area contributed by atoms with E-state index in [1.54, 1.807) is 24.0 Å². The fourth-order valence-electron chi connectivity index (χ4n) is 1.74. The van der Waals surface area contributed by atoms with E-state index in [4.69, 9.17) is 5.84 Å². The van der Waals surface area contributed by atoms with Gasteiger partial charge in [0.25, 0.3) is 10.0 Å². The maximum atomic E-state index is 12.4. The summed E-state index contributed by atoms with van der Waals surface area (Å²) in [5, 5.41) is 1.72. The minimum absolute atomic E-state index is 0.0252. The number of rotatable bonds is 5. The van der Waals surface area contributed by atoms with Gasteiger partial charge in [0.05, 0.1) is 6.54 Å². The van der Waals surface area contributed by atoms with Crippen LogP contribution in [0.1, 0.15) is 5.82 Å². The SMILES string of the molecule is NNc1nc2sccn2c1S(=O)(=O)NCc1ncc[nH]1. The van der Waals surface area contributed by atoms with Gasteiger partial charge in [0.2, 0.25) is 5.03 Å². The average molecular weight is 313 g/mol. The van der Waals surface area contributed by atoms with Crippen molar-refractivity contribution in [1.82, 2.24) is 24.1 Å². The Labute approximate surface area is 117 Å². The number of sulfonamides is 1. The Balaban J connectivity index is 1.97. The standard InChI is InChI=1S/C9H11N7O2S2/c10-15-7-8(16-3-4-19-9(16)14-7)20(17,18)13-5-6-11-1-2-12-6/h1-4,13,15H,5,10H2,(H,11,12). The monoisotopic (exact) mass is 313 g/mol. The van der Waals surface area contributed by atoms with Crippen LogP contribution in [-0.4, -0.2) is 27.8 Å². The summed E-state index contributed by atoms with van der Waals surface area (Å²) in [6.45, 7) is 0.0523. The number of nitrogens with one attached hydrogen (secondary N) is 3. The number of thiazole rings is 1. The summed E-state index contributed by atoms with van der Waals surface area (Å²) in [5.41, 5.74) is 2.30. The third-order valence-electron chi connectivity index (χ3n) is 2.59. The van der Waals surface area contributed by atoms with E-state index in [2.05, 4.69) is 25.1 Å². The average Bonchev–Trinajstić information content (AvgIpc) is 3.11. The molecule has 20 heavy (non-hydrogen) atoms. The number of nitrogens with two attached hydrogens (primary N) is 1. The molecule has 0 amide bonds. The lowest BCUT2D eigenvalue weighted by Crippen LogP contribution is -2.26. The highest BCUT2D eigenvalue weighted by Gasteiger charge is 2.25. The Morgan fingerprint density at radius 3 is 3.05 bits per heavy atom. The third-order valence-corrected chi connectivity index (χ3v) is 4.77. The molecule has 0 aliphatic carbocycles. The topological polar surface area (TPSA) is 130 Å². The number of hydrazine groups is 1. The summed E-state index contributed by atoms with van der Waals surface area (Å²) in [5.74, 6) is 5.95. The Morgan fingerprint density at radius 1 is 1.50 bits per heavy atom. The molecule has 5 N–H and O–H groups in total. The van der Waals surface area contributed by atoms with E-state index < -0.39 is 10.0 Å². The van der Waals surface area contributed by atoms with Crippen LogP contribution in [-0.2, 0) is 16.6 Å². The lowest BCUT2D eigenvalue weighted by molar-refractivity contribution is 0.575. The molecule has 3 aromatic heterocycles. The molecule has 106 valence electrons. The first-order chi connectivity index (χ1) is 9.62. The molecule has 0 radical (unpaired) electrons. The quantitative estimate of drug-likeness (QED) is 0.384. The Bertz CT molecular complexity index is 818. The first-order valence-electron chi connectivity index (χ1n) is 5.52. The first kappa shape index (κ1) is 13.1. The Kier molecular flexibility index (Phi) is 3.17. The number of anilines is 1. The van der Waals surface area contributed by atoms with Gasteiger partial charge in [-0.05, 0) is 0 Å². The second-order valence-electron chi connectivity index (χ2n) is 3.83. The molecule has 3 aromatic rings. The molecular formula is C9H11N7O2S2. The summed E-state index contributed by atoms with van der Waals surface area (Å²) in [4.78, 5) is 11.4. The van der Waals surface area contributed by atoms with Crippen LogP contribution < -0.4 is 16.0 Å². The van der Waals surface area contributed by atoms with Crippen molar-refractivity contribution < 1.29 is 8.42 Å². The summed E-state index contributed by atoms with van der Waals surface area (Å²) in [6.07, 6.45) is 4.79. The van der Waals surface area contributed by atoms with Gasteiger partial charge >= 0.3 is 0 Å². The maximum Gasteiger partial charge on any atom is 0.260 e. The van der Waals surface area contributed by atoms with Crippen LogP contribution in [0.4, 0.5) is 5.82 Å². The number of nitrogen functional groups attached to an aromatic ring is 1. The number of imidazole rings is 2. The van der Waals surface area contributed by atoms with Crippen LogP contribution >= 0.6 is 11.3 Å². The zero-order chi connectivity index (χ0) is 14.2. The summed E-state index contributed by atoms with van der Waals surface area (Å²) < 4.78 is 28.7. The van der Waals surface area contributed by atoms with Crippen molar-refractivity contribution >= 4 is 32.1 Å². The third kappa shape index (κ3) is 2.16. The van der Waals surface area contributed by atoms with E-state index in [9.17, 15) is 8.42 Å². The van der Waals surface area contributed by atoms with Gasteiger partial charge < -0.3 is 10.4 Å². The molecule has 0 bridgehead atoms. The maximum absolute atomic E-state index is 12.4. The van der Waals surface area contributed by atoms with E-state index in [0.717, 1.165) is 0 Å². The van der Waals surface area contributed by atoms with E-state index in [-0.39, 0.29) is 17.4 Å².